The van der Waals surface area contributed by atoms with Crippen molar-refractivity contribution in [2.24, 2.45) is 0 Å². The number of nitrogens with zero attached hydrogens (tertiary/aromatic N) is 3. The maximum absolute atomic E-state index is 14.9. The summed E-state index contributed by atoms with van der Waals surface area (Å²) >= 11 is 0. The van der Waals surface area contributed by atoms with Gasteiger partial charge in [-0.2, -0.15) is 0 Å². The molecule has 0 fully saturated rings. The molecule has 0 aliphatic heterocycles. The number of nitrogens with one attached hydrogen (secondary N) is 2. The van der Waals surface area contributed by atoms with Gasteiger partial charge in [-0.05, 0) is 86.0 Å². The van der Waals surface area contributed by atoms with Crippen molar-refractivity contribution in [1.82, 2.24) is 15.0 Å². The molecule has 0 radical (unpaired) electrons. The number of hydrogen-bond acceptors (Lipinski definition) is 6. The number of aryl methyl sites for hydroxylation is 1. The van der Waals surface area contributed by atoms with Crippen molar-refractivity contribution in [3.8, 4) is 22.4 Å². The van der Waals surface area contributed by atoms with Crippen LogP contribution in [0.15, 0.2) is 67.1 Å². The standard InChI is InChI=1S/C28H25F2N5O3/c1-16-11-21(29)23(34-26(36)19-7-9-32-24(13-19)28(2,3)30)15-20(16)17-5-8-31-22(12-17)18-6-10-33-25(14-18)35-27(37)38-4/h5-15H,1-4H3,(H,34,36)(H,33,35,37). The van der Waals surface area contributed by atoms with E-state index in [1.165, 1.54) is 51.6 Å². The van der Waals surface area contributed by atoms with Crippen molar-refractivity contribution in [1.29, 1.82) is 0 Å². The summed E-state index contributed by atoms with van der Waals surface area (Å²) in [6, 6.07) is 12.6. The Balaban J connectivity index is 1.65. The molecule has 0 unspecified atom stereocenters. The number of carbonyl (C=O) groups excluding carboxylic acids is 2. The van der Waals surface area contributed by atoms with Crippen LogP contribution in [0, 0.1) is 12.7 Å². The molecule has 0 spiro atoms. The summed E-state index contributed by atoms with van der Waals surface area (Å²) in [7, 11) is 1.25. The Labute approximate surface area is 218 Å². The van der Waals surface area contributed by atoms with E-state index < -0.39 is 23.5 Å². The molecule has 8 nitrogen and oxygen atoms in total. The fraction of sp³-hybridized carbons (Fsp3) is 0.179. The predicted octanol–water partition coefficient (Wildman–Crippen LogP) is 6.29. The third-order valence-electron chi connectivity index (χ3n) is 5.74. The molecule has 2 N–H and O–H groups in total. The number of anilines is 2. The number of amides is 2. The Morgan fingerprint density at radius 3 is 2.34 bits per heavy atom. The fourth-order valence-corrected chi connectivity index (χ4v) is 3.74. The number of pyridine rings is 3. The number of methoxy groups -OCH3 is 1. The van der Waals surface area contributed by atoms with Crippen molar-refractivity contribution in [2.45, 2.75) is 26.4 Å². The van der Waals surface area contributed by atoms with Crippen LogP contribution in [0.3, 0.4) is 0 Å². The van der Waals surface area contributed by atoms with Gasteiger partial charge in [0.25, 0.3) is 5.91 Å². The van der Waals surface area contributed by atoms with Crippen LogP contribution < -0.4 is 10.6 Å². The number of carbonyl (C=O) groups is 2. The minimum Gasteiger partial charge on any atom is -0.453 e. The largest absolute Gasteiger partial charge is 0.453 e. The molecule has 0 saturated heterocycles. The van der Waals surface area contributed by atoms with E-state index >= 15 is 0 Å². The smallest absolute Gasteiger partial charge is 0.412 e. The molecule has 10 heteroatoms. The van der Waals surface area contributed by atoms with Gasteiger partial charge in [0, 0.05) is 29.7 Å². The van der Waals surface area contributed by atoms with E-state index in [-0.39, 0.29) is 16.9 Å². The third kappa shape index (κ3) is 5.97. The molecule has 0 aliphatic rings. The molecule has 4 rings (SSSR count). The Morgan fingerprint density at radius 1 is 0.895 bits per heavy atom. The Hall–Kier alpha value is -4.73. The summed E-state index contributed by atoms with van der Waals surface area (Å²) in [4.78, 5) is 36.9. The van der Waals surface area contributed by atoms with Gasteiger partial charge in [0.1, 0.15) is 17.3 Å². The van der Waals surface area contributed by atoms with Crippen LogP contribution in [0.25, 0.3) is 22.4 Å². The average Bonchev–Trinajstić information content (AvgIpc) is 2.90. The Kier molecular flexibility index (Phi) is 7.43. The zero-order chi connectivity index (χ0) is 27.4. The highest BCUT2D eigenvalue weighted by molar-refractivity contribution is 6.04. The minimum absolute atomic E-state index is 0.0275. The predicted molar refractivity (Wildman–Crippen MR) is 140 cm³/mol. The topological polar surface area (TPSA) is 106 Å². The van der Waals surface area contributed by atoms with Crippen molar-refractivity contribution < 1.29 is 23.1 Å². The van der Waals surface area contributed by atoms with Gasteiger partial charge in [-0.3, -0.25) is 20.1 Å². The first-order valence-electron chi connectivity index (χ1n) is 11.6. The molecular formula is C28H25F2N5O3. The second-order valence-corrected chi connectivity index (χ2v) is 8.98. The summed E-state index contributed by atoms with van der Waals surface area (Å²) in [6.07, 6.45) is 3.83. The van der Waals surface area contributed by atoms with Gasteiger partial charge in [-0.15, -0.1) is 0 Å². The quantitative estimate of drug-likeness (QED) is 0.311. The number of alkyl halides is 1. The molecule has 0 aliphatic carbocycles. The monoisotopic (exact) mass is 517 g/mol. The van der Waals surface area contributed by atoms with Gasteiger partial charge < -0.3 is 10.1 Å². The van der Waals surface area contributed by atoms with Gasteiger partial charge in [-0.25, -0.2) is 18.6 Å². The summed E-state index contributed by atoms with van der Waals surface area (Å²) < 4.78 is 33.8. The lowest BCUT2D eigenvalue weighted by molar-refractivity contribution is 0.102. The van der Waals surface area contributed by atoms with Crippen molar-refractivity contribution >= 4 is 23.5 Å². The lowest BCUT2D eigenvalue weighted by Crippen LogP contribution is -2.17. The van der Waals surface area contributed by atoms with E-state index in [1.807, 2.05) is 6.07 Å². The summed E-state index contributed by atoms with van der Waals surface area (Å²) in [5, 5.41) is 5.09. The molecule has 4 aromatic rings. The average molecular weight is 518 g/mol. The third-order valence-corrected chi connectivity index (χ3v) is 5.74. The number of benzene rings is 1. The number of rotatable bonds is 6. The van der Waals surface area contributed by atoms with Crippen LogP contribution >= 0.6 is 0 Å². The lowest BCUT2D eigenvalue weighted by Gasteiger charge is -2.15. The van der Waals surface area contributed by atoms with Crippen molar-refractivity contribution in [2.75, 3.05) is 17.7 Å². The van der Waals surface area contributed by atoms with Gasteiger partial charge in [0.05, 0.1) is 24.2 Å². The fourth-order valence-electron chi connectivity index (χ4n) is 3.74. The first-order chi connectivity index (χ1) is 18.0. The van der Waals surface area contributed by atoms with E-state index in [9.17, 15) is 18.4 Å². The maximum Gasteiger partial charge on any atom is 0.412 e. The molecule has 0 atom stereocenters. The van der Waals surface area contributed by atoms with E-state index in [0.717, 1.165) is 5.56 Å². The summed E-state index contributed by atoms with van der Waals surface area (Å²) in [5.41, 5.74) is 1.81. The van der Waals surface area contributed by atoms with E-state index in [2.05, 4.69) is 30.3 Å². The normalized spacial score (nSPS) is 11.1. The number of aromatic nitrogens is 3. The van der Waals surface area contributed by atoms with Crippen LogP contribution in [-0.2, 0) is 10.4 Å². The zero-order valence-electron chi connectivity index (χ0n) is 21.2. The molecule has 0 bridgehead atoms. The molecule has 38 heavy (non-hydrogen) atoms. The second-order valence-electron chi connectivity index (χ2n) is 8.98. The zero-order valence-corrected chi connectivity index (χ0v) is 21.2. The minimum atomic E-state index is -1.73. The first kappa shape index (κ1) is 26.3. The van der Waals surface area contributed by atoms with Gasteiger partial charge in [-0.1, -0.05) is 0 Å². The van der Waals surface area contributed by atoms with Crippen molar-refractivity contribution in [3.63, 3.8) is 0 Å². The van der Waals surface area contributed by atoms with Crippen LogP contribution in [0.1, 0.15) is 35.5 Å². The summed E-state index contributed by atoms with van der Waals surface area (Å²) in [5.74, 6) is -0.911. The highest BCUT2D eigenvalue weighted by atomic mass is 19.1. The number of ether oxygens (including phenoxy) is 1. The second kappa shape index (κ2) is 10.7. The van der Waals surface area contributed by atoms with Crippen LogP contribution in [0.2, 0.25) is 0 Å². The molecule has 1 aromatic carbocycles. The maximum atomic E-state index is 14.9. The number of hydrogen-bond donors (Lipinski definition) is 2. The van der Waals surface area contributed by atoms with E-state index in [0.29, 0.717) is 28.2 Å². The highest BCUT2D eigenvalue weighted by Gasteiger charge is 2.22. The lowest BCUT2D eigenvalue weighted by atomic mass is 9.98. The molecule has 3 aromatic heterocycles. The molecule has 3 heterocycles. The van der Waals surface area contributed by atoms with Crippen molar-refractivity contribution in [3.05, 3.63) is 89.8 Å². The van der Waals surface area contributed by atoms with Gasteiger partial charge >= 0.3 is 6.09 Å². The Bertz CT molecular complexity index is 1520. The highest BCUT2D eigenvalue weighted by Crippen LogP contribution is 2.32. The number of halogens is 2. The van der Waals surface area contributed by atoms with E-state index in [4.69, 9.17) is 0 Å². The van der Waals surface area contributed by atoms with Crippen LogP contribution in [0.5, 0.6) is 0 Å². The molecule has 194 valence electrons. The SMILES string of the molecule is COC(=O)Nc1cc(-c2cc(-c3cc(NC(=O)c4ccnc(C(C)(C)F)c4)c(F)cc3C)ccn2)ccn1. The molecular weight excluding hydrogens is 492 g/mol. The molecule has 0 saturated carbocycles. The van der Waals surface area contributed by atoms with Gasteiger partial charge in [0.2, 0.25) is 0 Å². The first-order valence-corrected chi connectivity index (χ1v) is 11.6. The Morgan fingerprint density at radius 2 is 1.61 bits per heavy atom. The molecule has 2 amide bonds. The van der Waals surface area contributed by atoms with Gasteiger partial charge in [0.15, 0.2) is 0 Å². The summed E-state index contributed by atoms with van der Waals surface area (Å²) in [6.45, 7) is 4.44. The van der Waals surface area contributed by atoms with Crippen LogP contribution in [0.4, 0.5) is 25.1 Å². The van der Waals surface area contributed by atoms with E-state index in [1.54, 1.807) is 37.4 Å². The van der Waals surface area contributed by atoms with Crippen LogP contribution in [-0.4, -0.2) is 34.1 Å².